The molecule has 0 saturated carbocycles. The van der Waals surface area contributed by atoms with Crippen LogP contribution in [0.15, 0.2) is 73.3 Å². The molecule has 1 fully saturated rings. The Morgan fingerprint density at radius 2 is 1.93 bits per heavy atom. The molecule has 0 spiro atoms. The van der Waals surface area contributed by atoms with Crippen LogP contribution in [0, 0.1) is 6.92 Å². The maximum absolute atomic E-state index is 13.1. The number of pyridine rings is 1. The van der Waals surface area contributed by atoms with Crippen molar-refractivity contribution < 1.29 is 22.7 Å². The van der Waals surface area contributed by atoms with Gasteiger partial charge in [0.05, 0.1) is 54.4 Å². The lowest BCUT2D eigenvalue weighted by Gasteiger charge is -2.20. The van der Waals surface area contributed by atoms with E-state index in [2.05, 4.69) is 25.6 Å². The minimum Gasteiger partial charge on any atom is -0.383 e. The van der Waals surface area contributed by atoms with Gasteiger partial charge in [0, 0.05) is 43.6 Å². The number of benzene rings is 2. The number of hydrogen-bond acceptors (Lipinski definition) is 6. The molecule has 3 heterocycles. The zero-order chi connectivity index (χ0) is 29.0. The fourth-order valence-corrected chi connectivity index (χ4v) is 5.02. The number of hydrogen-bond donors (Lipinski definition) is 2. The van der Waals surface area contributed by atoms with Crippen molar-refractivity contribution in [3.63, 3.8) is 0 Å². The minimum absolute atomic E-state index is 0.0994. The van der Waals surface area contributed by atoms with Gasteiger partial charge in [-0.1, -0.05) is 12.1 Å². The van der Waals surface area contributed by atoms with Crippen molar-refractivity contribution >= 4 is 28.7 Å². The predicted molar refractivity (Wildman–Crippen MR) is 152 cm³/mol. The van der Waals surface area contributed by atoms with Gasteiger partial charge in [0.1, 0.15) is 0 Å². The lowest BCUT2D eigenvalue weighted by molar-refractivity contribution is -0.137. The van der Waals surface area contributed by atoms with Gasteiger partial charge in [0.2, 0.25) is 0 Å². The highest BCUT2D eigenvalue weighted by atomic mass is 19.4. The molecule has 1 saturated heterocycles. The fraction of sp³-hybridized carbons (Fsp3) is 0.300. The number of nitrogens with one attached hydrogen (secondary N) is 2. The molecular weight excluding hydrogens is 533 g/mol. The summed E-state index contributed by atoms with van der Waals surface area (Å²) >= 11 is 0. The molecule has 2 aromatic carbocycles. The minimum atomic E-state index is -4.48. The summed E-state index contributed by atoms with van der Waals surface area (Å²) in [6, 6.07) is 12.1. The van der Waals surface area contributed by atoms with Gasteiger partial charge in [-0.3, -0.25) is 14.5 Å². The van der Waals surface area contributed by atoms with Crippen LogP contribution in [0.1, 0.15) is 39.4 Å². The zero-order valence-electron chi connectivity index (χ0n) is 22.8. The smallest absolute Gasteiger partial charge is 0.383 e. The Morgan fingerprint density at radius 3 is 2.73 bits per heavy atom. The van der Waals surface area contributed by atoms with Gasteiger partial charge in [-0.25, -0.2) is 0 Å². The van der Waals surface area contributed by atoms with Crippen LogP contribution in [-0.2, 0) is 17.5 Å². The Kier molecular flexibility index (Phi) is 8.25. The Hall–Kier alpha value is -4.38. The molecule has 41 heavy (non-hydrogen) atoms. The van der Waals surface area contributed by atoms with Crippen molar-refractivity contribution in [1.29, 1.82) is 0 Å². The van der Waals surface area contributed by atoms with E-state index in [1.807, 2.05) is 42.2 Å². The van der Waals surface area contributed by atoms with E-state index < -0.39 is 17.6 Å². The van der Waals surface area contributed by atoms with Crippen LogP contribution in [0.5, 0.6) is 0 Å². The van der Waals surface area contributed by atoms with E-state index in [9.17, 15) is 18.0 Å². The molecule has 1 aliphatic rings. The van der Waals surface area contributed by atoms with Crippen LogP contribution in [0.25, 0.3) is 0 Å². The van der Waals surface area contributed by atoms with Gasteiger partial charge in [-0.05, 0) is 60.9 Å². The average Bonchev–Trinajstić information content (AvgIpc) is 3.62. The molecule has 2 aromatic heterocycles. The number of aromatic nitrogens is 3. The van der Waals surface area contributed by atoms with Crippen molar-refractivity contribution in [2.24, 2.45) is 0 Å². The van der Waals surface area contributed by atoms with Crippen LogP contribution in [-0.4, -0.2) is 47.5 Å². The number of halogens is 3. The number of amides is 1. The van der Waals surface area contributed by atoms with Crippen molar-refractivity contribution in [1.82, 2.24) is 14.8 Å². The molecule has 0 radical (unpaired) electrons. The largest absolute Gasteiger partial charge is 0.416 e. The van der Waals surface area contributed by atoms with E-state index >= 15 is 0 Å². The van der Waals surface area contributed by atoms with E-state index in [0.717, 1.165) is 59.8 Å². The van der Waals surface area contributed by atoms with E-state index in [4.69, 9.17) is 4.74 Å². The number of carbonyl (C=O) groups excluding carboxylic acids is 1. The zero-order valence-corrected chi connectivity index (χ0v) is 22.8. The first kappa shape index (κ1) is 28.2. The maximum Gasteiger partial charge on any atom is 0.416 e. The van der Waals surface area contributed by atoms with Gasteiger partial charge in [0.25, 0.3) is 5.91 Å². The number of anilines is 4. The second-order valence-electron chi connectivity index (χ2n) is 10.1. The Labute approximate surface area is 236 Å². The summed E-state index contributed by atoms with van der Waals surface area (Å²) < 4.78 is 46.1. The summed E-state index contributed by atoms with van der Waals surface area (Å²) in [7, 11) is 1.65. The number of alkyl halides is 3. The molecule has 1 amide bonds. The number of ether oxygens (including phenoxy) is 1. The monoisotopic (exact) mass is 564 g/mol. The van der Waals surface area contributed by atoms with E-state index in [1.165, 1.54) is 12.1 Å². The standard InChI is InChI=1S/C30H31F3N6O2/c1-20-6-7-21(29(40)37-24-5-3-4-23(13-24)30(31,32)33)12-28(20)22-8-9-38(18-22)27-14-25(15-34-17-27)36-26-16-35-39(19-26)10-11-41-2/h3-7,12-17,19,22,36H,8-11,18H2,1-2H3,(H,37,40). The summed E-state index contributed by atoms with van der Waals surface area (Å²) in [4.78, 5) is 19.6. The van der Waals surface area contributed by atoms with Gasteiger partial charge >= 0.3 is 6.18 Å². The molecule has 214 valence electrons. The van der Waals surface area contributed by atoms with Gasteiger partial charge in [-0.15, -0.1) is 0 Å². The highest BCUT2D eigenvalue weighted by molar-refractivity contribution is 6.04. The highest BCUT2D eigenvalue weighted by Crippen LogP contribution is 2.34. The van der Waals surface area contributed by atoms with E-state index in [0.29, 0.717) is 18.7 Å². The molecule has 5 rings (SSSR count). The summed E-state index contributed by atoms with van der Waals surface area (Å²) in [6.07, 6.45) is 3.68. The fourth-order valence-electron chi connectivity index (χ4n) is 5.02. The number of methoxy groups -OCH3 is 1. The van der Waals surface area contributed by atoms with Crippen molar-refractivity contribution in [3.05, 3.63) is 95.6 Å². The first-order valence-electron chi connectivity index (χ1n) is 13.3. The van der Waals surface area contributed by atoms with Crippen molar-refractivity contribution in [2.45, 2.75) is 32.0 Å². The SMILES string of the molecule is COCCn1cc(Nc2cncc(N3CCC(c4cc(C(=O)Nc5cccc(C(F)(F)F)c5)ccc4C)C3)c2)cn1. The van der Waals surface area contributed by atoms with Crippen LogP contribution in [0.2, 0.25) is 0 Å². The molecular formula is C30H31F3N6O2. The molecule has 0 aliphatic carbocycles. The lowest BCUT2D eigenvalue weighted by Crippen LogP contribution is -2.20. The van der Waals surface area contributed by atoms with Crippen LogP contribution >= 0.6 is 0 Å². The third-order valence-electron chi connectivity index (χ3n) is 7.15. The van der Waals surface area contributed by atoms with Crippen LogP contribution in [0.4, 0.5) is 35.9 Å². The molecule has 4 aromatic rings. The van der Waals surface area contributed by atoms with Gasteiger partial charge < -0.3 is 20.3 Å². The van der Waals surface area contributed by atoms with Crippen molar-refractivity contribution in [2.75, 3.05) is 42.3 Å². The molecule has 1 atom stereocenters. The predicted octanol–water partition coefficient (Wildman–Crippen LogP) is 6.24. The Morgan fingerprint density at radius 1 is 1.07 bits per heavy atom. The highest BCUT2D eigenvalue weighted by Gasteiger charge is 2.31. The third-order valence-corrected chi connectivity index (χ3v) is 7.15. The quantitative estimate of drug-likeness (QED) is 0.250. The molecule has 8 nitrogen and oxygen atoms in total. The maximum atomic E-state index is 13.1. The second kappa shape index (κ2) is 12.0. The molecule has 11 heteroatoms. The normalized spacial score (nSPS) is 15.2. The van der Waals surface area contributed by atoms with Crippen molar-refractivity contribution in [3.8, 4) is 0 Å². The summed E-state index contributed by atoms with van der Waals surface area (Å²) in [6.45, 7) is 4.83. The third kappa shape index (κ3) is 6.86. The topological polar surface area (TPSA) is 84.3 Å². The molecule has 2 N–H and O–H groups in total. The number of nitrogens with zero attached hydrogens (tertiary/aromatic N) is 4. The summed E-state index contributed by atoms with van der Waals surface area (Å²) in [5, 5.41) is 10.3. The lowest BCUT2D eigenvalue weighted by atomic mass is 9.92. The first-order chi connectivity index (χ1) is 19.7. The average molecular weight is 565 g/mol. The Balaban J connectivity index is 1.25. The molecule has 0 bridgehead atoms. The van der Waals surface area contributed by atoms with E-state index in [-0.39, 0.29) is 11.6 Å². The number of aryl methyl sites for hydroxylation is 1. The van der Waals surface area contributed by atoms with Crippen LogP contribution in [0.3, 0.4) is 0 Å². The molecule has 1 aliphatic heterocycles. The number of rotatable bonds is 9. The van der Waals surface area contributed by atoms with Crippen LogP contribution < -0.4 is 15.5 Å². The second-order valence-corrected chi connectivity index (χ2v) is 10.1. The van der Waals surface area contributed by atoms with Gasteiger partial charge in [0.15, 0.2) is 0 Å². The Bertz CT molecular complexity index is 1520. The molecule has 1 unspecified atom stereocenters. The number of carbonyl (C=O) groups is 1. The summed E-state index contributed by atoms with van der Waals surface area (Å²) in [5.41, 5.74) is 4.50. The van der Waals surface area contributed by atoms with E-state index in [1.54, 1.807) is 25.6 Å². The first-order valence-corrected chi connectivity index (χ1v) is 13.3. The summed E-state index contributed by atoms with van der Waals surface area (Å²) in [5.74, 6) is -0.263. The van der Waals surface area contributed by atoms with Gasteiger partial charge in [-0.2, -0.15) is 18.3 Å².